The van der Waals surface area contributed by atoms with Crippen LogP contribution in [0.1, 0.15) is 28.1 Å². The molecule has 0 aliphatic carbocycles. The molecule has 188 valence electrons. The van der Waals surface area contributed by atoms with Gasteiger partial charge in [0.25, 0.3) is 11.1 Å². The van der Waals surface area contributed by atoms with Crippen LogP contribution < -0.4 is 11.1 Å². The molecular weight excluding hydrogens is 539 g/mol. The first-order valence-electron chi connectivity index (χ1n) is 10.7. The summed E-state index contributed by atoms with van der Waals surface area (Å²) in [5.74, 6) is 1.38. The summed E-state index contributed by atoms with van der Waals surface area (Å²) in [6, 6.07) is 13.6. The standard InChI is InChI=1S/C13H13ClN2OS.C12H11ClN2O2S/c1-8-3-4-11(14)10(5-8)7-18-13-15-9(2)6-12(17)16-13;1-7-4-11(17)15-12(14-7)18-6-8-5-9(16)2-3-10(8)13/h3-6H,7H2,1-2H3,(H,15,16,17);2-5,16H,6H2,1H3,(H,14,15,17). The van der Waals surface area contributed by atoms with Crippen molar-refractivity contribution >= 4 is 46.7 Å². The number of aromatic hydroxyl groups is 1. The van der Waals surface area contributed by atoms with Crippen LogP contribution in [0, 0.1) is 20.8 Å². The third kappa shape index (κ3) is 8.74. The predicted molar refractivity (Wildman–Crippen MR) is 148 cm³/mol. The smallest absolute Gasteiger partial charge is 0.251 e. The van der Waals surface area contributed by atoms with E-state index in [2.05, 4.69) is 19.9 Å². The highest BCUT2D eigenvalue weighted by molar-refractivity contribution is 7.98. The minimum absolute atomic E-state index is 0.125. The minimum Gasteiger partial charge on any atom is -0.508 e. The van der Waals surface area contributed by atoms with Gasteiger partial charge >= 0.3 is 0 Å². The van der Waals surface area contributed by atoms with Crippen molar-refractivity contribution in [3.63, 3.8) is 0 Å². The van der Waals surface area contributed by atoms with Crippen molar-refractivity contribution in [3.8, 4) is 5.75 Å². The van der Waals surface area contributed by atoms with Crippen LogP contribution in [0.15, 0.2) is 68.4 Å². The third-order valence-electron chi connectivity index (χ3n) is 4.66. The number of halogens is 2. The number of hydrogen-bond donors (Lipinski definition) is 3. The maximum atomic E-state index is 11.3. The Morgan fingerprint density at radius 1 is 0.750 bits per heavy atom. The van der Waals surface area contributed by atoms with Crippen molar-refractivity contribution in [1.82, 2.24) is 19.9 Å². The number of aromatic amines is 2. The summed E-state index contributed by atoms with van der Waals surface area (Å²) in [5, 5.41) is 11.9. The second kappa shape index (κ2) is 13.0. The second-order valence-corrected chi connectivity index (χ2v) is 10.6. The molecule has 0 aliphatic heterocycles. The SMILES string of the molecule is Cc1cc(=O)[nH]c(SCc2cc(O)ccc2Cl)n1.Cc1ccc(Cl)c(CSc2nc(C)cc(=O)[nH]2)c1. The largest absolute Gasteiger partial charge is 0.508 e. The van der Waals surface area contributed by atoms with E-state index < -0.39 is 0 Å². The molecule has 11 heteroatoms. The Balaban J connectivity index is 0.000000201. The van der Waals surface area contributed by atoms with Gasteiger partial charge in [0, 0.05) is 45.1 Å². The zero-order chi connectivity index (χ0) is 26.2. The number of nitrogens with zero attached hydrogens (tertiary/aromatic N) is 2. The monoisotopic (exact) mass is 562 g/mol. The molecule has 2 aromatic carbocycles. The van der Waals surface area contributed by atoms with Crippen molar-refractivity contribution in [2.45, 2.75) is 42.6 Å². The lowest BCUT2D eigenvalue weighted by atomic mass is 10.2. The van der Waals surface area contributed by atoms with Crippen LogP contribution in [0.3, 0.4) is 0 Å². The molecule has 0 saturated heterocycles. The Kier molecular flexibility index (Phi) is 10.1. The topological polar surface area (TPSA) is 112 Å². The molecule has 4 aromatic rings. The molecule has 0 radical (unpaired) electrons. The molecule has 2 heterocycles. The summed E-state index contributed by atoms with van der Waals surface area (Å²) in [6.45, 7) is 5.59. The van der Waals surface area contributed by atoms with E-state index in [0.717, 1.165) is 21.8 Å². The maximum absolute atomic E-state index is 11.3. The van der Waals surface area contributed by atoms with Crippen LogP contribution in [0.2, 0.25) is 10.0 Å². The molecule has 0 unspecified atom stereocenters. The van der Waals surface area contributed by atoms with Gasteiger partial charge in [-0.25, -0.2) is 9.97 Å². The van der Waals surface area contributed by atoms with E-state index >= 15 is 0 Å². The van der Waals surface area contributed by atoms with Crippen molar-refractivity contribution in [1.29, 1.82) is 0 Å². The lowest BCUT2D eigenvalue weighted by Gasteiger charge is -2.05. The second-order valence-electron chi connectivity index (χ2n) is 7.83. The molecule has 0 atom stereocenters. The Bertz CT molecular complexity index is 1360. The number of phenols is 1. The van der Waals surface area contributed by atoms with Gasteiger partial charge in [0.15, 0.2) is 10.3 Å². The molecular formula is C25H24Cl2N4O3S2. The summed E-state index contributed by atoms with van der Waals surface area (Å²) >= 11 is 15.0. The van der Waals surface area contributed by atoms with Gasteiger partial charge in [0.05, 0.1) is 0 Å². The molecule has 7 nitrogen and oxygen atoms in total. The first-order valence-corrected chi connectivity index (χ1v) is 13.5. The lowest BCUT2D eigenvalue weighted by Crippen LogP contribution is -2.08. The average Bonchev–Trinajstić information content (AvgIpc) is 2.79. The summed E-state index contributed by atoms with van der Waals surface area (Å²) in [7, 11) is 0. The molecule has 0 bridgehead atoms. The summed E-state index contributed by atoms with van der Waals surface area (Å²) in [6.07, 6.45) is 0. The average molecular weight is 564 g/mol. The van der Waals surface area contributed by atoms with Crippen molar-refractivity contribution < 1.29 is 5.11 Å². The highest BCUT2D eigenvalue weighted by atomic mass is 35.5. The van der Waals surface area contributed by atoms with Crippen LogP contribution in [0.4, 0.5) is 0 Å². The quantitative estimate of drug-likeness (QED) is 0.193. The molecule has 0 spiro atoms. The Morgan fingerprint density at radius 3 is 1.72 bits per heavy atom. The lowest BCUT2D eigenvalue weighted by molar-refractivity contribution is 0.475. The molecule has 36 heavy (non-hydrogen) atoms. The van der Waals surface area contributed by atoms with Crippen molar-refractivity contribution in [2.24, 2.45) is 0 Å². The fraction of sp³-hybridized carbons (Fsp3) is 0.200. The maximum Gasteiger partial charge on any atom is 0.251 e. The Labute approximate surface area is 226 Å². The number of aromatic nitrogens is 4. The van der Waals surface area contributed by atoms with Gasteiger partial charge in [-0.2, -0.15) is 0 Å². The molecule has 0 fully saturated rings. The predicted octanol–water partition coefficient (Wildman–Crippen LogP) is 6.06. The number of rotatable bonds is 6. The van der Waals surface area contributed by atoms with Crippen molar-refractivity contribution in [2.75, 3.05) is 0 Å². The number of thioether (sulfide) groups is 2. The molecule has 0 saturated carbocycles. The normalized spacial score (nSPS) is 10.6. The number of H-pyrrole nitrogens is 2. The number of aryl methyl sites for hydroxylation is 3. The van der Waals surface area contributed by atoms with E-state index in [1.54, 1.807) is 26.0 Å². The Morgan fingerprint density at radius 2 is 1.22 bits per heavy atom. The van der Waals surface area contributed by atoms with Gasteiger partial charge in [-0.15, -0.1) is 0 Å². The molecule has 3 N–H and O–H groups in total. The third-order valence-corrected chi connectivity index (χ3v) is 7.24. The van der Waals surface area contributed by atoms with Crippen LogP contribution in [-0.2, 0) is 11.5 Å². The van der Waals surface area contributed by atoms with Gasteiger partial charge in [-0.05, 0) is 56.2 Å². The molecule has 2 aromatic heterocycles. The van der Waals surface area contributed by atoms with Gasteiger partial charge in [0.2, 0.25) is 0 Å². The zero-order valence-electron chi connectivity index (χ0n) is 19.8. The summed E-state index contributed by atoms with van der Waals surface area (Å²) in [5.41, 5.74) is 4.10. The first-order chi connectivity index (χ1) is 17.1. The number of hydrogen-bond acceptors (Lipinski definition) is 7. The fourth-order valence-electron chi connectivity index (χ4n) is 3.02. The zero-order valence-corrected chi connectivity index (χ0v) is 22.9. The van der Waals surface area contributed by atoms with Crippen LogP contribution in [0.25, 0.3) is 0 Å². The molecule has 4 rings (SSSR count). The van der Waals surface area contributed by atoms with Gasteiger partial charge in [0.1, 0.15) is 5.75 Å². The van der Waals surface area contributed by atoms with E-state index in [1.807, 2.05) is 25.1 Å². The van der Waals surface area contributed by atoms with E-state index in [4.69, 9.17) is 23.2 Å². The summed E-state index contributed by atoms with van der Waals surface area (Å²) in [4.78, 5) is 36.4. The highest BCUT2D eigenvalue weighted by Gasteiger charge is 2.06. The van der Waals surface area contributed by atoms with Crippen LogP contribution in [0.5, 0.6) is 5.75 Å². The van der Waals surface area contributed by atoms with E-state index in [9.17, 15) is 14.7 Å². The molecule has 0 amide bonds. The van der Waals surface area contributed by atoms with E-state index in [0.29, 0.717) is 32.5 Å². The van der Waals surface area contributed by atoms with Gasteiger partial charge in [-0.1, -0.05) is 64.4 Å². The minimum atomic E-state index is -0.174. The van der Waals surface area contributed by atoms with E-state index in [1.165, 1.54) is 47.3 Å². The van der Waals surface area contributed by atoms with Crippen molar-refractivity contribution in [3.05, 3.63) is 107 Å². The fourth-order valence-corrected chi connectivity index (χ4v) is 5.37. The van der Waals surface area contributed by atoms with Gasteiger partial charge in [-0.3, -0.25) is 9.59 Å². The van der Waals surface area contributed by atoms with Crippen LogP contribution in [-0.4, -0.2) is 25.0 Å². The molecule has 0 aliphatic rings. The van der Waals surface area contributed by atoms with E-state index in [-0.39, 0.29) is 16.9 Å². The first kappa shape index (κ1) is 27.9. The number of phenolic OH excluding ortho intramolecular Hbond substituents is 1. The summed E-state index contributed by atoms with van der Waals surface area (Å²) < 4.78 is 0. The van der Waals surface area contributed by atoms with Crippen LogP contribution >= 0.6 is 46.7 Å². The number of benzene rings is 2. The highest BCUT2D eigenvalue weighted by Crippen LogP contribution is 2.27. The number of nitrogens with one attached hydrogen (secondary N) is 2. The Hall–Kier alpha value is -2.72. The van der Waals surface area contributed by atoms with Gasteiger partial charge < -0.3 is 15.1 Å².